The Hall–Kier alpha value is -6.97. The third kappa shape index (κ3) is 12.3. The Bertz CT molecular complexity index is 2250. The quantitative estimate of drug-likeness (QED) is 0.0980. The SMILES string of the molecule is C=C.C=CC.C=CC=C.C=CC=C(C)C.N=C(/C=C1\NC(c2ccccc2)=Cc2ccc(-c3ccco3)cc21)c1ccc(-c2cccc3ccccc23)cc1. The van der Waals surface area contributed by atoms with Gasteiger partial charge in [0.1, 0.15) is 5.76 Å². The standard InChI is InChI=1S/C37H26N2O.C6H10.C4H6.C3H6.C2H4/c38-34(27-17-15-26(16-18-27)32-13-6-11-25-8-4-5-12-31(25)32)24-36-33-22-30(37-14-7-21-40-37)20-19-29(33)23-35(39-36)28-9-2-1-3-10-28;1-4-5-6(2)3;1-3-4-2;1-3-2;1-2/h1-24,38-39H;4-5H,1H2,2-3H3;3-4H,1-2H2;3H,1H2,2H3;1-2H2/b36-24-,38-34?;;;;. The van der Waals surface area contributed by atoms with Crippen molar-refractivity contribution in [2.75, 3.05) is 0 Å². The van der Waals surface area contributed by atoms with Crippen LogP contribution in [0.5, 0.6) is 0 Å². The van der Waals surface area contributed by atoms with Crippen LogP contribution in [-0.2, 0) is 0 Å². The lowest BCUT2D eigenvalue weighted by atomic mass is 9.93. The van der Waals surface area contributed by atoms with Crippen molar-refractivity contribution in [1.82, 2.24) is 5.32 Å². The topological polar surface area (TPSA) is 49.0 Å². The van der Waals surface area contributed by atoms with Gasteiger partial charge in [0.05, 0.1) is 12.0 Å². The molecule has 0 fully saturated rings. The minimum Gasteiger partial charge on any atom is -0.464 e. The monoisotopic (exact) mass is 720 g/mol. The van der Waals surface area contributed by atoms with Gasteiger partial charge >= 0.3 is 0 Å². The molecule has 0 spiro atoms. The van der Waals surface area contributed by atoms with E-state index >= 15 is 0 Å². The van der Waals surface area contributed by atoms with Gasteiger partial charge in [0, 0.05) is 22.5 Å². The minimum atomic E-state index is 0.440. The Morgan fingerprint density at radius 2 is 1.29 bits per heavy atom. The maximum absolute atomic E-state index is 9.02. The van der Waals surface area contributed by atoms with Gasteiger partial charge in [-0.25, -0.2) is 0 Å². The molecule has 0 bridgehead atoms. The second kappa shape index (κ2) is 22.9. The summed E-state index contributed by atoms with van der Waals surface area (Å²) in [6.45, 7) is 25.6. The van der Waals surface area contributed by atoms with Crippen molar-refractivity contribution in [2.24, 2.45) is 0 Å². The maximum atomic E-state index is 9.02. The number of hydrogen-bond donors (Lipinski definition) is 2. The van der Waals surface area contributed by atoms with Gasteiger partial charge in [-0.2, -0.15) is 0 Å². The van der Waals surface area contributed by atoms with Crippen LogP contribution >= 0.6 is 0 Å². The second-order valence-corrected chi connectivity index (χ2v) is 12.3. The first-order chi connectivity index (χ1) is 26.8. The van der Waals surface area contributed by atoms with Crippen LogP contribution in [0.25, 0.3) is 50.7 Å². The molecule has 5 aromatic carbocycles. The fourth-order valence-electron chi connectivity index (χ4n) is 5.57. The fraction of sp³-hybridized carbons (Fsp3) is 0.0577. The largest absolute Gasteiger partial charge is 0.464 e. The molecule has 276 valence electrons. The molecule has 0 aliphatic carbocycles. The van der Waals surface area contributed by atoms with Crippen LogP contribution in [0.4, 0.5) is 0 Å². The van der Waals surface area contributed by atoms with Crippen LogP contribution in [0, 0.1) is 5.41 Å². The Balaban J connectivity index is 0.000000468. The van der Waals surface area contributed by atoms with Crippen LogP contribution in [-0.4, -0.2) is 5.71 Å². The molecule has 2 heterocycles. The van der Waals surface area contributed by atoms with Gasteiger partial charge in [-0.05, 0) is 89.7 Å². The zero-order valence-corrected chi connectivity index (χ0v) is 32.4. The highest BCUT2D eigenvalue weighted by Gasteiger charge is 2.18. The molecule has 2 N–H and O–H groups in total. The fourth-order valence-corrected chi connectivity index (χ4v) is 5.57. The number of benzene rings is 5. The van der Waals surface area contributed by atoms with Crippen LogP contribution in [0.2, 0.25) is 0 Å². The summed E-state index contributed by atoms with van der Waals surface area (Å²) in [6.07, 6.45) is 14.6. The van der Waals surface area contributed by atoms with Crippen LogP contribution < -0.4 is 5.32 Å². The van der Waals surface area contributed by atoms with Crippen LogP contribution in [0.3, 0.4) is 0 Å². The molecule has 6 aromatic rings. The van der Waals surface area contributed by atoms with Crippen molar-refractivity contribution in [3.8, 4) is 22.5 Å². The summed E-state index contributed by atoms with van der Waals surface area (Å²) in [6, 6.07) is 43.6. The smallest absolute Gasteiger partial charge is 0.133 e. The molecule has 3 nitrogen and oxygen atoms in total. The Morgan fingerprint density at radius 3 is 1.89 bits per heavy atom. The van der Waals surface area contributed by atoms with Crippen molar-refractivity contribution in [3.63, 3.8) is 0 Å². The zero-order chi connectivity index (χ0) is 40.0. The van der Waals surface area contributed by atoms with E-state index in [1.54, 1.807) is 30.6 Å². The van der Waals surface area contributed by atoms with Gasteiger partial charge in [-0.1, -0.05) is 165 Å². The molecule has 7 rings (SSSR count). The van der Waals surface area contributed by atoms with Gasteiger partial charge < -0.3 is 15.1 Å². The third-order valence-electron chi connectivity index (χ3n) is 8.01. The summed E-state index contributed by atoms with van der Waals surface area (Å²) in [5, 5.41) is 15.1. The molecule has 55 heavy (non-hydrogen) atoms. The van der Waals surface area contributed by atoms with E-state index in [1.807, 2.05) is 75.4 Å². The van der Waals surface area contributed by atoms with E-state index in [9.17, 15) is 0 Å². The predicted molar refractivity (Wildman–Crippen MR) is 243 cm³/mol. The van der Waals surface area contributed by atoms with Gasteiger partial charge in [0.2, 0.25) is 0 Å². The number of hydrogen-bond acceptors (Lipinski definition) is 3. The average Bonchev–Trinajstić information content (AvgIpc) is 3.78. The summed E-state index contributed by atoms with van der Waals surface area (Å²) in [4.78, 5) is 0. The van der Waals surface area contributed by atoms with Crippen molar-refractivity contribution in [3.05, 3.63) is 237 Å². The number of furan rings is 1. The first kappa shape index (κ1) is 42.4. The Kier molecular flexibility index (Phi) is 17.6. The molecular weight excluding hydrogens is 669 g/mol. The van der Waals surface area contributed by atoms with E-state index in [1.165, 1.54) is 21.9 Å². The van der Waals surface area contributed by atoms with E-state index < -0.39 is 0 Å². The minimum absolute atomic E-state index is 0.440. The average molecular weight is 721 g/mol. The molecule has 0 atom stereocenters. The molecule has 0 radical (unpaired) electrons. The lowest BCUT2D eigenvalue weighted by Crippen LogP contribution is -2.17. The summed E-state index contributed by atoms with van der Waals surface area (Å²) < 4.78 is 5.66. The highest BCUT2D eigenvalue weighted by molar-refractivity contribution is 6.12. The molecule has 1 aliphatic rings. The summed E-state index contributed by atoms with van der Waals surface area (Å²) in [5.74, 6) is 0.819. The second-order valence-electron chi connectivity index (χ2n) is 12.3. The number of allylic oxidation sites excluding steroid dienone is 7. The first-order valence-corrected chi connectivity index (χ1v) is 18.0. The van der Waals surface area contributed by atoms with Crippen molar-refractivity contribution in [1.29, 1.82) is 5.41 Å². The molecule has 0 saturated heterocycles. The van der Waals surface area contributed by atoms with Crippen LogP contribution in [0.1, 0.15) is 43.0 Å². The van der Waals surface area contributed by atoms with Gasteiger partial charge in [0.25, 0.3) is 0 Å². The molecule has 1 aromatic heterocycles. The Morgan fingerprint density at radius 1 is 0.655 bits per heavy atom. The van der Waals surface area contributed by atoms with E-state index in [4.69, 9.17) is 9.83 Å². The summed E-state index contributed by atoms with van der Waals surface area (Å²) >= 11 is 0. The first-order valence-electron chi connectivity index (χ1n) is 18.0. The van der Waals surface area contributed by atoms with E-state index in [0.717, 1.165) is 50.5 Å². The normalized spacial score (nSPS) is 11.3. The third-order valence-corrected chi connectivity index (χ3v) is 8.01. The number of nitrogens with one attached hydrogen (secondary N) is 2. The Labute approximate surface area is 328 Å². The van der Waals surface area contributed by atoms with E-state index in [2.05, 4.69) is 136 Å². The summed E-state index contributed by atoms with van der Waals surface area (Å²) in [7, 11) is 0. The molecule has 0 saturated carbocycles. The van der Waals surface area contributed by atoms with Crippen LogP contribution in [0.15, 0.2) is 220 Å². The molecule has 3 heteroatoms. The van der Waals surface area contributed by atoms with Crippen molar-refractivity contribution in [2.45, 2.75) is 20.8 Å². The predicted octanol–water partition coefficient (Wildman–Crippen LogP) is 14.8. The van der Waals surface area contributed by atoms with Crippen molar-refractivity contribution >= 4 is 34.0 Å². The lowest BCUT2D eigenvalue weighted by molar-refractivity contribution is 0.582. The molecule has 1 aliphatic heterocycles. The lowest BCUT2D eigenvalue weighted by Gasteiger charge is -2.23. The van der Waals surface area contributed by atoms with Crippen molar-refractivity contribution < 1.29 is 4.42 Å². The van der Waals surface area contributed by atoms with Gasteiger partial charge in [-0.15, -0.1) is 19.7 Å². The van der Waals surface area contributed by atoms with E-state index in [0.29, 0.717) is 5.71 Å². The highest BCUT2D eigenvalue weighted by Crippen LogP contribution is 2.34. The summed E-state index contributed by atoms with van der Waals surface area (Å²) in [5.41, 5.74) is 11.0. The maximum Gasteiger partial charge on any atom is 0.133 e. The number of fused-ring (bicyclic) bond motifs is 2. The van der Waals surface area contributed by atoms with Gasteiger partial charge in [-0.3, -0.25) is 0 Å². The molecular formula is C52H52N2O. The molecule has 0 amide bonds. The molecule has 0 unspecified atom stereocenters. The van der Waals surface area contributed by atoms with Gasteiger partial charge in [0.15, 0.2) is 0 Å². The number of rotatable bonds is 7. The van der Waals surface area contributed by atoms with E-state index in [-0.39, 0.29) is 0 Å². The highest BCUT2D eigenvalue weighted by atomic mass is 16.3. The zero-order valence-electron chi connectivity index (χ0n) is 32.4.